The summed E-state index contributed by atoms with van der Waals surface area (Å²) in [6.45, 7) is 4.51. The van der Waals surface area contributed by atoms with Crippen LogP contribution in [0, 0.1) is 0 Å². The van der Waals surface area contributed by atoms with Gasteiger partial charge in [-0.3, -0.25) is 4.90 Å². The summed E-state index contributed by atoms with van der Waals surface area (Å²) in [7, 11) is 1.61. The van der Waals surface area contributed by atoms with Gasteiger partial charge in [-0.25, -0.2) is 4.98 Å². The van der Waals surface area contributed by atoms with Crippen LogP contribution in [0.15, 0.2) is 6.20 Å². The maximum atomic E-state index is 5.27. The van der Waals surface area contributed by atoms with Gasteiger partial charge in [0.1, 0.15) is 0 Å². The van der Waals surface area contributed by atoms with Gasteiger partial charge in [0, 0.05) is 19.6 Å². The molecule has 5 heteroatoms. The second-order valence-corrected chi connectivity index (χ2v) is 3.31. The van der Waals surface area contributed by atoms with Crippen molar-refractivity contribution in [3.05, 3.63) is 11.9 Å². The summed E-state index contributed by atoms with van der Waals surface area (Å²) in [5.74, 6) is 0. The second kappa shape index (κ2) is 4.43. The first-order valence-electron chi connectivity index (χ1n) is 4.76. The Hall–Kier alpha value is -1.07. The average molecular weight is 197 g/mol. The first-order chi connectivity index (χ1) is 6.88. The molecule has 78 valence electrons. The molecule has 0 radical (unpaired) electrons. The lowest BCUT2D eigenvalue weighted by Crippen LogP contribution is -2.35. The van der Waals surface area contributed by atoms with Crippen molar-refractivity contribution < 1.29 is 9.47 Å². The highest BCUT2D eigenvalue weighted by molar-refractivity contribution is 5.04. The molecule has 0 aromatic carbocycles. The zero-order valence-corrected chi connectivity index (χ0v) is 8.32. The number of aromatic nitrogens is 2. The van der Waals surface area contributed by atoms with Crippen LogP contribution in [0.5, 0.6) is 6.01 Å². The van der Waals surface area contributed by atoms with E-state index in [1.807, 2.05) is 6.20 Å². The van der Waals surface area contributed by atoms with Crippen LogP contribution in [0.1, 0.15) is 5.69 Å². The molecule has 0 aliphatic carbocycles. The fraction of sp³-hybridized carbons (Fsp3) is 0.667. The molecule has 0 bridgehead atoms. The molecule has 2 heterocycles. The van der Waals surface area contributed by atoms with E-state index >= 15 is 0 Å². The van der Waals surface area contributed by atoms with Crippen LogP contribution in [0.2, 0.25) is 0 Å². The monoisotopic (exact) mass is 197 g/mol. The van der Waals surface area contributed by atoms with Crippen molar-refractivity contribution in [2.75, 3.05) is 33.4 Å². The van der Waals surface area contributed by atoms with Crippen molar-refractivity contribution >= 4 is 0 Å². The number of hydrogen-bond acceptors (Lipinski definition) is 4. The summed E-state index contributed by atoms with van der Waals surface area (Å²) in [6.07, 6.45) is 1.81. The first kappa shape index (κ1) is 9.48. The lowest BCUT2D eigenvalue weighted by molar-refractivity contribution is 0.0337. The molecule has 2 rings (SSSR count). The molecule has 0 spiro atoms. The first-order valence-corrected chi connectivity index (χ1v) is 4.76. The molecule has 5 nitrogen and oxygen atoms in total. The lowest BCUT2D eigenvalue weighted by Gasteiger charge is -2.25. The number of hydrogen-bond donors (Lipinski definition) is 1. The van der Waals surface area contributed by atoms with E-state index in [1.165, 1.54) is 0 Å². The van der Waals surface area contributed by atoms with E-state index in [0.29, 0.717) is 6.01 Å². The van der Waals surface area contributed by atoms with Crippen molar-refractivity contribution in [3.63, 3.8) is 0 Å². The van der Waals surface area contributed by atoms with Crippen LogP contribution >= 0.6 is 0 Å². The molecule has 0 unspecified atom stereocenters. The van der Waals surface area contributed by atoms with Crippen LogP contribution in [-0.4, -0.2) is 48.3 Å². The summed E-state index contributed by atoms with van der Waals surface area (Å²) in [5, 5.41) is 0. The number of methoxy groups -OCH3 is 1. The fourth-order valence-corrected chi connectivity index (χ4v) is 1.52. The molecule has 1 saturated heterocycles. The summed E-state index contributed by atoms with van der Waals surface area (Å²) < 4.78 is 10.2. The number of imidazole rings is 1. The minimum Gasteiger partial charge on any atom is -0.468 e. The molecule has 1 aromatic rings. The number of rotatable bonds is 3. The average Bonchev–Trinajstić information content (AvgIpc) is 2.67. The Bertz CT molecular complexity index is 281. The normalized spacial score (nSPS) is 18.4. The van der Waals surface area contributed by atoms with E-state index < -0.39 is 0 Å². The van der Waals surface area contributed by atoms with Gasteiger partial charge in [0.05, 0.1) is 32.2 Å². The zero-order chi connectivity index (χ0) is 9.80. The smallest absolute Gasteiger partial charge is 0.293 e. The fourth-order valence-electron chi connectivity index (χ4n) is 1.52. The number of nitrogens with one attached hydrogen (secondary N) is 1. The van der Waals surface area contributed by atoms with Crippen LogP contribution < -0.4 is 4.74 Å². The number of H-pyrrole nitrogens is 1. The lowest BCUT2D eigenvalue weighted by atomic mass is 10.3. The third-order valence-corrected chi connectivity index (χ3v) is 2.30. The van der Waals surface area contributed by atoms with Gasteiger partial charge in [0.15, 0.2) is 0 Å². The van der Waals surface area contributed by atoms with Crippen molar-refractivity contribution in [3.8, 4) is 6.01 Å². The molecule has 1 fully saturated rings. The Kier molecular flexibility index (Phi) is 3.00. The van der Waals surface area contributed by atoms with Gasteiger partial charge in [0.25, 0.3) is 6.01 Å². The summed E-state index contributed by atoms with van der Waals surface area (Å²) in [5.41, 5.74) is 1.09. The molecule has 0 saturated carbocycles. The molecule has 1 aliphatic rings. The van der Waals surface area contributed by atoms with E-state index in [9.17, 15) is 0 Å². The number of ether oxygens (including phenoxy) is 2. The third kappa shape index (κ3) is 2.24. The van der Waals surface area contributed by atoms with Crippen molar-refractivity contribution in [1.29, 1.82) is 0 Å². The summed E-state index contributed by atoms with van der Waals surface area (Å²) in [4.78, 5) is 9.49. The van der Waals surface area contributed by atoms with E-state index in [4.69, 9.17) is 9.47 Å². The Morgan fingerprint density at radius 3 is 3.00 bits per heavy atom. The van der Waals surface area contributed by atoms with Crippen LogP contribution in [0.25, 0.3) is 0 Å². The van der Waals surface area contributed by atoms with Crippen LogP contribution in [0.3, 0.4) is 0 Å². The Labute approximate surface area is 83.0 Å². The van der Waals surface area contributed by atoms with E-state index in [2.05, 4.69) is 14.9 Å². The van der Waals surface area contributed by atoms with Gasteiger partial charge in [-0.15, -0.1) is 0 Å². The highest BCUT2D eigenvalue weighted by Gasteiger charge is 2.11. The highest BCUT2D eigenvalue weighted by atomic mass is 16.5. The van der Waals surface area contributed by atoms with Gasteiger partial charge >= 0.3 is 0 Å². The molecular formula is C9H15N3O2. The Balaban J connectivity index is 1.89. The Morgan fingerprint density at radius 1 is 1.57 bits per heavy atom. The molecule has 1 N–H and O–H groups in total. The minimum absolute atomic E-state index is 0.577. The SMILES string of the molecule is COc1ncc(CN2CCOCC2)[nH]1. The van der Waals surface area contributed by atoms with Gasteiger partial charge in [-0.05, 0) is 0 Å². The number of nitrogens with zero attached hydrogens (tertiary/aromatic N) is 2. The highest BCUT2D eigenvalue weighted by Crippen LogP contribution is 2.08. The second-order valence-electron chi connectivity index (χ2n) is 3.31. The van der Waals surface area contributed by atoms with Gasteiger partial charge in [-0.1, -0.05) is 0 Å². The largest absolute Gasteiger partial charge is 0.468 e. The van der Waals surface area contributed by atoms with Crippen molar-refractivity contribution in [1.82, 2.24) is 14.9 Å². The quantitative estimate of drug-likeness (QED) is 0.754. The van der Waals surface area contributed by atoms with E-state index in [0.717, 1.165) is 38.5 Å². The number of aromatic amines is 1. The molecule has 1 aliphatic heterocycles. The molecular weight excluding hydrogens is 182 g/mol. The number of morpholine rings is 1. The topological polar surface area (TPSA) is 50.4 Å². The summed E-state index contributed by atoms with van der Waals surface area (Å²) >= 11 is 0. The van der Waals surface area contributed by atoms with Crippen molar-refractivity contribution in [2.45, 2.75) is 6.54 Å². The maximum Gasteiger partial charge on any atom is 0.293 e. The zero-order valence-electron chi connectivity index (χ0n) is 8.32. The van der Waals surface area contributed by atoms with E-state index in [-0.39, 0.29) is 0 Å². The van der Waals surface area contributed by atoms with Crippen molar-refractivity contribution in [2.24, 2.45) is 0 Å². The maximum absolute atomic E-state index is 5.27. The molecule has 1 aromatic heterocycles. The van der Waals surface area contributed by atoms with Crippen LogP contribution in [-0.2, 0) is 11.3 Å². The predicted octanol–water partition coefficient (Wildman–Crippen LogP) is 0.250. The molecule has 0 amide bonds. The predicted molar refractivity (Wildman–Crippen MR) is 51.2 cm³/mol. The van der Waals surface area contributed by atoms with Gasteiger partial charge < -0.3 is 14.5 Å². The van der Waals surface area contributed by atoms with E-state index in [1.54, 1.807) is 7.11 Å². The van der Waals surface area contributed by atoms with Gasteiger partial charge in [0.2, 0.25) is 0 Å². The van der Waals surface area contributed by atoms with Crippen LogP contribution in [0.4, 0.5) is 0 Å². The summed E-state index contributed by atoms with van der Waals surface area (Å²) in [6, 6.07) is 0.577. The standard InChI is InChI=1S/C9H15N3O2/c1-13-9-10-6-8(11-9)7-12-2-4-14-5-3-12/h6H,2-5,7H2,1H3,(H,10,11). The molecule has 0 atom stereocenters. The Morgan fingerprint density at radius 2 is 2.36 bits per heavy atom. The molecule has 14 heavy (non-hydrogen) atoms. The third-order valence-electron chi connectivity index (χ3n) is 2.30. The van der Waals surface area contributed by atoms with Gasteiger partial charge in [-0.2, -0.15) is 0 Å². The minimum atomic E-state index is 0.577.